The van der Waals surface area contributed by atoms with E-state index >= 15 is 0 Å². The van der Waals surface area contributed by atoms with Gasteiger partial charge in [0.25, 0.3) is 0 Å². The van der Waals surface area contributed by atoms with Crippen molar-refractivity contribution in [3.05, 3.63) is 22.9 Å². The highest BCUT2D eigenvalue weighted by molar-refractivity contribution is 9.10. The van der Waals surface area contributed by atoms with Crippen LogP contribution in [0.25, 0.3) is 0 Å². The summed E-state index contributed by atoms with van der Waals surface area (Å²) in [5, 5.41) is 3.19. The molecule has 0 aliphatic carbocycles. The van der Waals surface area contributed by atoms with Crippen LogP contribution in [0.1, 0.15) is 27.2 Å². The molecule has 1 fully saturated rings. The van der Waals surface area contributed by atoms with Crippen molar-refractivity contribution in [3.8, 4) is 5.75 Å². The SMILES string of the molecule is CC(C)(C)OC(=O)C(Oc1ccc(Br)nc1)[C@@H]1CCN1. The van der Waals surface area contributed by atoms with Crippen LogP contribution < -0.4 is 10.1 Å². The van der Waals surface area contributed by atoms with Gasteiger partial charge in [-0.1, -0.05) is 0 Å². The number of carbonyl (C=O) groups excluding carboxylic acids is 1. The summed E-state index contributed by atoms with van der Waals surface area (Å²) >= 11 is 3.26. The van der Waals surface area contributed by atoms with E-state index in [0.29, 0.717) is 5.75 Å². The normalized spacial score (nSPS) is 19.9. The molecule has 2 rings (SSSR count). The molecule has 1 aliphatic heterocycles. The zero-order valence-corrected chi connectivity index (χ0v) is 13.4. The van der Waals surface area contributed by atoms with E-state index in [9.17, 15) is 4.79 Å². The lowest BCUT2D eigenvalue weighted by Gasteiger charge is -2.35. The maximum Gasteiger partial charge on any atom is 0.349 e. The van der Waals surface area contributed by atoms with Gasteiger partial charge in [0, 0.05) is 0 Å². The van der Waals surface area contributed by atoms with Gasteiger partial charge in [-0.05, 0) is 61.8 Å². The van der Waals surface area contributed by atoms with E-state index in [2.05, 4.69) is 26.2 Å². The number of esters is 1. The highest BCUT2D eigenvalue weighted by Crippen LogP contribution is 2.21. The third-order valence-electron chi connectivity index (χ3n) is 2.83. The molecule has 2 heterocycles. The first kappa shape index (κ1) is 15.3. The van der Waals surface area contributed by atoms with Gasteiger partial charge in [0.15, 0.2) is 0 Å². The Labute approximate surface area is 127 Å². The Balaban J connectivity index is 2.07. The third kappa shape index (κ3) is 4.18. The first-order valence-electron chi connectivity index (χ1n) is 6.59. The number of nitrogens with one attached hydrogen (secondary N) is 1. The van der Waals surface area contributed by atoms with Crippen LogP contribution in [0.15, 0.2) is 22.9 Å². The number of pyridine rings is 1. The van der Waals surface area contributed by atoms with Crippen molar-refractivity contribution in [2.24, 2.45) is 0 Å². The fourth-order valence-corrected chi connectivity index (χ4v) is 2.04. The molecule has 5 nitrogen and oxygen atoms in total. The number of hydrogen-bond acceptors (Lipinski definition) is 5. The Morgan fingerprint density at radius 3 is 2.65 bits per heavy atom. The Kier molecular flexibility index (Phi) is 4.65. The summed E-state index contributed by atoms with van der Waals surface area (Å²) in [6.45, 7) is 6.43. The summed E-state index contributed by atoms with van der Waals surface area (Å²) in [5.74, 6) is 0.204. The van der Waals surface area contributed by atoms with E-state index in [0.717, 1.165) is 17.6 Å². The van der Waals surface area contributed by atoms with Gasteiger partial charge in [-0.3, -0.25) is 0 Å². The molecular formula is C14H19BrN2O3. The molecule has 110 valence electrons. The van der Waals surface area contributed by atoms with Gasteiger partial charge in [0.1, 0.15) is 16.0 Å². The molecule has 0 radical (unpaired) electrons. The predicted molar refractivity (Wildman–Crippen MR) is 78.6 cm³/mol. The topological polar surface area (TPSA) is 60.5 Å². The number of nitrogens with zero attached hydrogens (tertiary/aromatic N) is 1. The van der Waals surface area contributed by atoms with Crippen molar-refractivity contribution >= 4 is 21.9 Å². The van der Waals surface area contributed by atoms with Gasteiger partial charge in [0.05, 0.1) is 12.2 Å². The monoisotopic (exact) mass is 342 g/mol. The first-order chi connectivity index (χ1) is 9.35. The van der Waals surface area contributed by atoms with Gasteiger partial charge in [-0.2, -0.15) is 0 Å². The number of carbonyl (C=O) groups is 1. The molecule has 2 atom stereocenters. The summed E-state index contributed by atoms with van der Waals surface area (Å²) in [5.41, 5.74) is -0.527. The average molecular weight is 343 g/mol. The van der Waals surface area contributed by atoms with Gasteiger partial charge in [-0.15, -0.1) is 0 Å². The molecule has 1 unspecified atom stereocenters. The summed E-state index contributed by atoms with van der Waals surface area (Å²) in [4.78, 5) is 16.3. The minimum atomic E-state index is -0.647. The van der Waals surface area contributed by atoms with Crippen molar-refractivity contribution < 1.29 is 14.3 Å². The van der Waals surface area contributed by atoms with Crippen molar-refractivity contribution in [2.45, 2.75) is 44.9 Å². The second-order valence-electron chi connectivity index (χ2n) is 5.74. The number of ether oxygens (including phenoxy) is 2. The zero-order valence-electron chi connectivity index (χ0n) is 11.9. The Hall–Kier alpha value is -1.14. The fraction of sp³-hybridized carbons (Fsp3) is 0.571. The number of halogens is 1. The van der Waals surface area contributed by atoms with Gasteiger partial charge >= 0.3 is 5.97 Å². The highest BCUT2D eigenvalue weighted by atomic mass is 79.9. The predicted octanol–water partition coefficient (Wildman–Crippen LogP) is 2.30. The Morgan fingerprint density at radius 2 is 2.20 bits per heavy atom. The van der Waals surface area contributed by atoms with E-state index in [4.69, 9.17) is 9.47 Å². The molecule has 1 N–H and O–H groups in total. The quantitative estimate of drug-likeness (QED) is 0.671. The van der Waals surface area contributed by atoms with Crippen LogP contribution in [0.3, 0.4) is 0 Å². The molecule has 1 aromatic heterocycles. The van der Waals surface area contributed by atoms with Gasteiger partial charge in [0.2, 0.25) is 6.10 Å². The maximum absolute atomic E-state index is 12.2. The van der Waals surface area contributed by atoms with E-state index in [1.165, 1.54) is 0 Å². The molecule has 1 saturated heterocycles. The fourth-order valence-electron chi connectivity index (χ4n) is 1.80. The number of hydrogen-bond donors (Lipinski definition) is 1. The van der Waals surface area contributed by atoms with Crippen LogP contribution in [0.4, 0.5) is 0 Å². The second kappa shape index (κ2) is 6.10. The molecule has 0 amide bonds. The minimum absolute atomic E-state index is 0.00602. The number of rotatable bonds is 4. The van der Waals surface area contributed by atoms with Gasteiger partial charge in [-0.25, -0.2) is 9.78 Å². The first-order valence-corrected chi connectivity index (χ1v) is 7.39. The molecule has 0 spiro atoms. The standard InChI is InChI=1S/C14H19BrN2O3/c1-14(2,3)20-13(18)12(10-6-7-16-10)19-9-4-5-11(15)17-8-9/h4-5,8,10,12,16H,6-7H2,1-3H3/t10-,12?/m0/s1. The molecule has 1 aliphatic rings. The van der Waals surface area contributed by atoms with Crippen LogP contribution >= 0.6 is 15.9 Å². The van der Waals surface area contributed by atoms with Crippen LogP contribution in [-0.4, -0.2) is 35.2 Å². The lowest BCUT2D eigenvalue weighted by molar-refractivity contribution is -0.165. The molecule has 0 bridgehead atoms. The molecule has 6 heteroatoms. The lowest BCUT2D eigenvalue weighted by Crippen LogP contribution is -2.57. The Morgan fingerprint density at radius 1 is 1.50 bits per heavy atom. The summed E-state index contributed by atoms with van der Waals surface area (Å²) < 4.78 is 11.9. The van der Waals surface area contributed by atoms with Crippen LogP contribution in [0.5, 0.6) is 5.75 Å². The van der Waals surface area contributed by atoms with Crippen LogP contribution in [0, 0.1) is 0 Å². The summed E-state index contributed by atoms with van der Waals surface area (Å²) in [7, 11) is 0. The van der Waals surface area contributed by atoms with E-state index in [-0.39, 0.29) is 12.0 Å². The van der Waals surface area contributed by atoms with Crippen molar-refractivity contribution in [2.75, 3.05) is 6.54 Å². The molecule has 20 heavy (non-hydrogen) atoms. The summed E-state index contributed by atoms with van der Waals surface area (Å²) in [6.07, 6.45) is 1.83. The summed E-state index contributed by atoms with van der Waals surface area (Å²) in [6, 6.07) is 3.54. The van der Waals surface area contributed by atoms with Crippen LogP contribution in [0.2, 0.25) is 0 Å². The largest absolute Gasteiger partial charge is 0.475 e. The van der Waals surface area contributed by atoms with Crippen LogP contribution in [-0.2, 0) is 9.53 Å². The molecular weight excluding hydrogens is 324 g/mol. The molecule has 0 aromatic carbocycles. The van der Waals surface area contributed by atoms with E-state index in [1.54, 1.807) is 18.3 Å². The van der Waals surface area contributed by atoms with Crippen molar-refractivity contribution in [1.29, 1.82) is 0 Å². The van der Waals surface area contributed by atoms with E-state index < -0.39 is 11.7 Å². The third-order valence-corrected chi connectivity index (χ3v) is 3.30. The minimum Gasteiger partial charge on any atom is -0.475 e. The zero-order chi connectivity index (χ0) is 14.8. The smallest absolute Gasteiger partial charge is 0.349 e. The number of aromatic nitrogens is 1. The second-order valence-corrected chi connectivity index (χ2v) is 6.55. The van der Waals surface area contributed by atoms with Gasteiger partial charge < -0.3 is 14.8 Å². The molecule has 1 aromatic rings. The van der Waals surface area contributed by atoms with Crippen molar-refractivity contribution in [3.63, 3.8) is 0 Å². The Bertz CT molecular complexity index is 466. The highest BCUT2D eigenvalue weighted by Gasteiger charge is 2.37. The van der Waals surface area contributed by atoms with E-state index in [1.807, 2.05) is 20.8 Å². The maximum atomic E-state index is 12.2. The average Bonchev–Trinajstić information content (AvgIpc) is 2.26. The van der Waals surface area contributed by atoms with Crippen molar-refractivity contribution in [1.82, 2.24) is 10.3 Å². The lowest BCUT2D eigenvalue weighted by atomic mass is 10.0. The molecule has 0 saturated carbocycles.